The number of rotatable bonds is 11. The molecule has 0 saturated heterocycles. The molecule has 6 nitrogen and oxygen atoms in total. The number of esters is 1. The van der Waals surface area contributed by atoms with E-state index in [1.807, 2.05) is 18.2 Å². The standard InChI is InChI=1S/C23H28N2O4/c1-24-22(27)17-19-12-14-20(15-13-19)25-21(26)10-5-11-23(28)29-16-6-9-18-7-3-2-4-8-18/h2-4,7-8,12-15H,5-6,9-11,16-17H2,1H3,(H,24,27)(H,25,26). The summed E-state index contributed by atoms with van der Waals surface area (Å²) in [6, 6.07) is 17.2. The van der Waals surface area contributed by atoms with E-state index < -0.39 is 0 Å². The van der Waals surface area contributed by atoms with Crippen molar-refractivity contribution in [3.05, 3.63) is 65.7 Å². The summed E-state index contributed by atoms with van der Waals surface area (Å²) in [5.74, 6) is -0.487. The number of carbonyl (C=O) groups excluding carboxylic acids is 3. The van der Waals surface area contributed by atoms with Gasteiger partial charge < -0.3 is 15.4 Å². The number of amides is 2. The first-order chi connectivity index (χ1) is 14.1. The third-order valence-corrected chi connectivity index (χ3v) is 4.38. The van der Waals surface area contributed by atoms with Crippen LogP contribution in [-0.2, 0) is 32.0 Å². The zero-order valence-electron chi connectivity index (χ0n) is 16.8. The zero-order valence-corrected chi connectivity index (χ0v) is 16.8. The molecule has 0 radical (unpaired) electrons. The number of carbonyl (C=O) groups is 3. The van der Waals surface area contributed by atoms with Gasteiger partial charge in [-0.1, -0.05) is 42.5 Å². The second-order valence-corrected chi connectivity index (χ2v) is 6.76. The van der Waals surface area contributed by atoms with Crippen molar-refractivity contribution >= 4 is 23.5 Å². The van der Waals surface area contributed by atoms with Crippen molar-refractivity contribution in [2.45, 2.75) is 38.5 Å². The van der Waals surface area contributed by atoms with Gasteiger partial charge in [0.25, 0.3) is 0 Å². The second kappa shape index (κ2) is 12.3. The molecule has 0 aromatic heterocycles. The number of nitrogens with one attached hydrogen (secondary N) is 2. The minimum atomic E-state index is -0.274. The normalized spacial score (nSPS) is 10.2. The lowest BCUT2D eigenvalue weighted by atomic mass is 10.1. The molecular formula is C23H28N2O4. The lowest BCUT2D eigenvalue weighted by Gasteiger charge is -2.07. The smallest absolute Gasteiger partial charge is 0.305 e. The summed E-state index contributed by atoms with van der Waals surface area (Å²) < 4.78 is 5.21. The van der Waals surface area contributed by atoms with Crippen molar-refractivity contribution in [1.82, 2.24) is 5.32 Å². The molecule has 0 aliphatic carbocycles. The lowest BCUT2D eigenvalue weighted by molar-refractivity contribution is -0.143. The fourth-order valence-electron chi connectivity index (χ4n) is 2.78. The first-order valence-electron chi connectivity index (χ1n) is 9.85. The van der Waals surface area contributed by atoms with Gasteiger partial charge in [0.05, 0.1) is 13.0 Å². The molecule has 2 rings (SSSR count). The van der Waals surface area contributed by atoms with E-state index in [0.29, 0.717) is 25.1 Å². The van der Waals surface area contributed by atoms with Gasteiger partial charge in [0.15, 0.2) is 0 Å². The van der Waals surface area contributed by atoms with Crippen molar-refractivity contribution in [2.24, 2.45) is 0 Å². The maximum absolute atomic E-state index is 12.0. The number of benzene rings is 2. The molecule has 0 bridgehead atoms. The van der Waals surface area contributed by atoms with Crippen molar-refractivity contribution in [1.29, 1.82) is 0 Å². The van der Waals surface area contributed by atoms with Gasteiger partial charge in [-0.2, -0.15) is 0 Å². The van der Waals surface area contributed by atoms with Gasteiger partial charge in [-0.25, -0.2) is 0 Å². The van der Waals surface area contributed by atoms with E-state index in [4.69, 9.17) is 4.74 Å². The molecule has 0 saturated carbocycles. The molecule has 0 unspecified atom stereocenters. The van der Waals surface area contributed by atoms with Crippen molar-refractivity contribution < 1.29 is 19.1 Å². The average molecular weight is 396 g/mol. The summed E-state index contributed by atoms with van der Waals surface area (Å²) in [4.78, 5) is 35.1. The number of aryl methyl sites for hydroxylation is 1. The van der Waals surface area contributed by atoms with Crippen LogP contribution in [-0.4, -0.2) is 31.4 Å². The average Bonchev–Trinajstić information content (AvgIpc) is 2.73. The highest BCUT2D eigenvalue weighted by molar-refractivity contribution is 5.91. The summed E-state index contributed by atoms with van der Waals surface area (Å²) >= 11 is 0. The van der Waals surface area contributed by atoms with Gasteiger partial charge in [0.2, 0.25) is 11.8 Å². The van der Waals surface area contributed by atoms with Crippen LogP contribution in [0.1, 0.15) is 36.8 Å². The molecule has 0 fully saturated rings. The topological polar surface area (TPSA) is 84.5 Å². The maximum atomic E-state index is 12.0. The number of likely N-dealkylation sites (N-methyl/N-ethyl adjacent to an activating group) is 1. The van der Waals surface area contributed by atoms with Gasteiger partial charge in [0.1, 0.15) is 0 Å². The number of hydrogen-bond acceptors (Lipinski definition) is 4. The van der Waals surface area contributed by atoms with Crippen LogP contribution in [0.3, 0.4) is 0 Å². The highest BCUT2D eigenvalue weighted by atomic mass is 16.5. The fraction of sp³-hybridized carbons (Fsp3) is 0.348. The molecule has 2 aromatic carbocycles. The monoisotopic (exact) mass is 396 g/mol. The van der Waals surface area contributed by atoms with Crippen molar-refractivity contribution in [3.8, 4) is 0 Å². The van der Waals surface area contributed by atoms with Crippen LogP contribution in [0.5, 0.6) is 0 Å². The Morgan fingerprint density at radius 3 is 2.24 bits per heavy atom. The van der Waals surface area contributed by atoms with E-state index in [-0.39, 0.29) is 30.6 Å². The number of anilines is 1. The summed E-state index contributed by atoms with van der Waals surface area (Å²) in [6.07, 6.45) is 2.88. The van der Waals surface area contributed by atoms with E-state index in [2.05, 4.69) is 22.8 Å². The highest BCUT2D eigenvalue weighted by Gasteiger charge is 2.07. The van der Waals surface area contributed by atoms with E-state index in [0.717, 1.165) is 18.4 Å². The zero-order chi connectivity index (χ0) is 20.9. The minimum Gasteiger partial charge on any atom is -0.466 e. The Morgan fingerprint density at radius 1 is 0.828 bits per heavy atom. The van der Waals surface area contributed by atoms with E-state index in [1.165, 1.54) is 5.56 Å². The predicted octanol–water partition coefficient (Wildman–Crippen LogP) is 3.26. The summed E-state index contributed by atoms with van der Waals surface area (Å²) in [5, 5.41) is 5.36. The van der Waals surface area contributed by atoms with Crippen molar-refractivity contribution in [2.75, 3.05) is 19.0 Å². The van der Waals surface area contributed by atoms with Gasteiger partial charge in [-0.3, -0.25) is 14.4 Å². The predicted molar refractivity (Wildman–Crippen MR) is 112 cm³/mol. The summed E-state index contributed by atoms with van der Waals surface area (Å²) in [7, 11) is 1.59. The van der Waals surface area contributed by atoms with Gasteiger partial charge in [0, 0.05) is 25.6 Å². The van der Waals surface area contributed by atoms with Crippen LogP contribution < -0.4 is 10.6 Å². The molecule has 0 spiro atoms. The lowest BCUT2D eigenvalue weighted by Crippen LogP contribution is -2.19. The molecular weight excluding hydrogens is 368 g/mol. The molecule has 0 heterocycles. The molecule has 2 amide bonds. The van der Waals surface area contributed by atoms with Crippen LogP contribution >= 0.6 is 0 Å². The summed E-state index contributed by atoms with van der Waals surface area (Å²) in [6.45, 7) is 0.391. The molecule has 6 heteroatoms. The first-order valence-corrected chi connectivity index (χ1v) is 9.85. The van der Waals surface area contributed by atoms with Gasteiger partial charge in [-0.15, -0.1) is 0 Å². The molecule has 0 atom stereocenters. The largest absolute Gasteiger partial charge is 0.466 e. The van der Waals surface area contributed by atoms with Crippen LogP contribution in [0.2, 0.25) is 0 Å². The minimum absolute atomic E-state index is 0.0614. The van der Waals surface area contributed by atoms with Crippen LogP contribution in [0.25, 0.3) is 0 Å². The maximum Gasteiger partial charge on any atom is 0.305 e. The molecule has 29 heavy (non-hydrogen) atoms. The van der Waals surface area contributed by atoms with Gasteiger partial charge in [-0.05, 0) is 42.5 Å². The highest BCUT2D eigenvalue weighted by Crippen LogP contribution is 2.11. The van der Waals surface area contributed by atoms with E-state index >= 15 is 0 Å². The second-order valence-electron chi connectivity index (χ2n) is 6.76. The number of hydrogen-bond donors (Lipinski definition) is 2. The van der Waals surface area contributed by atoms with Crippen LogP contribution in [0, 0.1) is 0 Å². The summed E-state index contributed by atoms with van der Waals surface area (Å²) in [5.41, 5.74) is 2.76. The van der Waals surface area contributed by atoms with Crippen LogP contribution in [0.4, 0.5) is 5.69 Å². The fourth-order valence-corrected chi connectivity index (χ4v) is 2.78. The Kier molecular flexibility index (Phi) is 9.42. The molecule has 154 valence electrons. The Balaban J connectivity index is 1.57. The Morgan fingerprint density at radius 2 is 1.55 bits per heavy atom. The molecule has 0 aliphatic rings. The third kappa shape index (κ3) is 9.06. The third-order valence-electron chi connectivity index (χ3n) is 4.38. The molecule has 2 aromatic rings. The molecule has 2 N–H and O–H groups in total. The number of ether oxygens (including phenoxy) is 1. The SMILES string of the molecule is CNC(=O)Cc1ccc(NC(=O)CCCC(=O)OCCCc2ccccc2)cc1. The van der Waals surface area contributed by atoms with E-state index in [9.17, 15) is 14.4 Å². The van der Waals surface area contributed by atoms with Crippen LogP contribution in [0.15, 0.2) is 54.6 Å². The Hall–Kier alpha value is -3.15. The Labute approximate surface area is 171 Å². The quantitative estimate of drug-likeness (QED) is 0.451. The van der Waals surface area contributed by atoms with Crippen molar-refractivity contribution in [3.63, 3.8) is 0 Å². The first kappa shape index (κ1) is 22.1. The van der Waals surface area contributed by atoms with Gasteiger partial charge >= 0.3 is 5.97 Å². The Bertz CT molecular complexity index is 788. The molecule has 0 aliphatic heterocycles. The van der Waals surface area contributed by atoms with E-state index in [1.54, 1.807) is 31.3 Å².